The number of nitrogens with one attached hydrogen (secondary N) is 1. The molecule has 2 unspecified atom stereocenters. The van der Waals surface area contributed by atoms with Gasteiger partial charge in [0, 0.05) is 7.11 Å². The van der Waals surface area contributed by atoms with E-state index in [-0.39, 0.29) is 18.1 Å². The zero-order valence-electron chi connectivity index (χ0n) is 14.8. The highest BCUT2D eigenvalue weighted by Crippen LogP contribution is 2.24. The lowest BCUT2D eigenvalue weighted by molar-refractivity contribution is -0.144. The molecule has 1 saturated heterocycles. The third-order valence-electron chi connectivity index (χ3n) is 3.81. The molecule has 27 heavy (non-hydrogen) atoms. The largest absolute Gasteiger partial charge is 0.481 e. The summed E-state index contributed by atoms with van der Waals surface area (Å²) < 4.78 is 36.5. The second-order valence-corrected chi connectivity index (χ2v) is 7.63. The van der Waals surface area contributed by atoms with Gasteiger partial charge >= 0.3 is 5.97 Å². The van der Waals surface area contributed by atoms with Gasteiger partial charge in [0.25, 0.3) is 0 Å². The fourth-order valence-electron chi connectivity index (χ4n) is 2.58. The number of methoxy groups -OCH3 is 1. The molecule has 0 bridgehead atoms. The van der Waals surface area contributed by atoms with Crippen LogP contribution in [0.1, 0.15) is 6.92 Å². The fourth-order valence-corrected chi connectivity index (χ4v) is 4.19. The van der Waals surface area contributed by atoms with Gasteiger partial charge in [-0.1, -0.05) is 11.8 Å². The second-order valence-electron chi connectivity index (χ2n) is 5.74. The quantitative estimate of drug-likeness (QED) is 0.632. The SMILES string of the molecule is COCC#CCOc1ccc(S(=O)(=O)N2CC(=O)NC(C)C2C(=O)O)cc1. The van der Waals surface area contributed by atoms with E-state index in [4.69, 9.17) is 9.47 Å². The number of carboxylic acid groups (broad SMARTS) is 1. The molecule has 146 valence electrons. The fraction of sp³-hybridized carbons (Fsp3) is 0.412. The van der Waals surface area contributed by atoms with Crippen LogP contribution in [-0.4, -0.2) is 68.7 Å². The van der Waals surface area contributed by atoms with Crippen molar-refractivity contribution >= 4 is 21.9 Å². The van der Waals surface area contributed by atoms with Crippen molar-refractivity contribution in [2.75, 3.05) is 26.9 Å². The number of aliphatic carboxylic acids is 1. The maximum atomic E-state index is 12.8. The summed E-state index contributed by atoms with van der Waals surface area (Å²) in [7, 11) is -2.66. The monoisotopic (exact) mass is 396 g/mol. The lowest BCUT2D eigenvalue weighted by Crippen LogP contribution is -2.63. The van der Waals surface area contributed by atoms with Gasteiger partial charge in [0.15, 0.2) is 0 Å². The van der Waals surface area contributed by atoms with Crippen LogP contribution in [0.4, 0.5) is 0 Å². The van der Waals surface area contributed by atoms with Crippen molar-refractivity contribution in [3.63, 3.8) is 0 Å². The first-order valence-corrected chi connectivity index (χ1v) is 9.43. The van der Waals surface area contributed by atoms with Gasteiger partial charge < -0.3 is 19.9 Å². The number of amides is 1. The highest BCUT2D eigenvalue weighted by molar-refractivity contribution is 7.89. The summed E-state index contributed by atoms with van der Waals surface area (Å²) in [6.45, 7) is 1.28. The van der Waals surface area contributed by atoms with Crippen LogP contribution in [-0.2, 0) is 24.3 Å². The highest BCUT2D eigenvalue weighted by Gasteiger charge is 2.44. The van der Waals surface area contributed by atoms with Crippen LogP contribution in [0.25, 0.3) is 0 Å². The van der Waals surface area contributed by atoms with E-state index in [0.717, 1.165) is 0 Å². The van der Waals surface area contributed by atoms with E-state index in [1.54, 1.807) is 0 Å². The summed E-state index contributed by atoms with van der Waals surface area (Å²) in [6, 6.07) is 3.22. The smallest absolute Gasteiger partial charge is 0.324 e. The van der Waals surface area contributed by atoms with E-state index in [0.29, 0.717) is 10.1 Å². The Morgan fingerprint density at radius 1 is 1.30 bits per heavy atom. The van der Waals surface area contributed by atoms with Crippen molar-refractivity contribution in [2.24, 2.45) is 0 Å². The first-order valence-electron chi connectivity index (χ1n) is 7.99. The number of hydrogen-bond donors (Lipinski definition) is 2. The zero-order valence-corrected chi connectivity index (χ0v) is 15.7. The number of benzene rings is 1. The lowest BCUT2D eigenvalue weighted by atomic mass is 10.1. The molecule has 2 N–H and O–H groups in total. The predicted octanol–water partition coefficient (Wildman–Crippen LogP) is -0.323. The van der Waals surface area contributed by atoms with E-state index in [9.17, 15) is 23.1 Å². The van der Waals surface area contributed by atoms with Gasteiger partial charge in [-0.05, 0) is 31.2 Å². The molecule has 1 aliphatic heterocycles. The molecule has 1 aromatic carbocycles. The number of ether oxygens (including phenoxy) is 2. The molecule has 1 aromatic rings. The molecule has 0 radical (unpaired) electrons. The van der Waals surface area contributed by atoms with E-state index in [1.165, 1.54) is 38.3 Å². The van der Waals surface area contributed by atoms with Crippen LogP contribution < -0.4 is 10.1 Å². The highest BCUT2D eigenvalue weighted by atomic mass is 32.2. The molecule has 0 saturated carbocycles. The Balaban J connectivity index is 2.19. The van der Waals surface area contributed by atoms with E-state index >= 15 is 0 Å². The summed E-state index contributed by atoms with van der Waals surface area (Å²) in [5, 5.41) is 11.8. The molecule has 2 rings (SSSR count). The van der Waals surface area contributed by atoms with Crippen molar-refractivity contribution in [3.05, 3.63) is 24.3 Å². The van der Waals surface area contributed by atoms with Gasteiger partial charge in [0.05, 0.1) is 17.5 Å². The second kappa shape index (κ2) is 8.85. The molecule has 0 aliphatic carbocycles. The Morgan fingerprint density at radius 2 is 1.93 bits per heavy atom. The summed E-state index contributed by atoms with van der Waals surface area (Å²) in [4.78, 5) is 23.1. The first-order chi connectivity index (χ1) is 12.8. The first kappa shape index (κ1) is 20.7. The number of carbonyl (C=O) groups is 2. The molecule has 0 aromatic heterocycles. The van der Waals surface area contributed by atoms with Crippen LogP contribution in [0.2, 0.25) is 0 Å². The molecular weight excluding hydrogens is 376 g/mol. The summed E-state index contributed by atoms with van der Waals surface area (Å²) in [5.41, 5.74) is 0. The normalized spacial score (nSPS) is 20.3. The van der Waals surface area contributed by atoms with Gasteiger partial charge in [-0.2, -0.15) is 4.31 Å². The Hall–Kier alpha value is -2.61. The van der Waals surface area contributed by atoms with E-state index in [2.05, 4.69) is 17.2 Å². The van der Waals surface area contributed by atoms with Crippen LogP contribution in [0.3, 0.4) is 0 Å². The van der Waals surface area contributed by atoms with Gasteiger partial charge in [-0.15, -0.1) is 0 Å². The molecule has 2 atom stereocenters. The number of carboxylic acids is 1. The molecule has 1 amide bonds. The van der Waals surface area contributed by atoms with Crippen molar-refractivity contribution in [1.82, 2.24) is 9.62 Å². The predicted molar refractivity (Wildman–Crippen MR) is 94.5 cm³/mol. The molecule has 10 heteroatoms. The van der Waals surface area contributed by atoms with Gasteiger partial charge in [0.2, 0.25) is 15.9 Å². The standard InChI is InChI=1S/C17H20N2O7S/c1-12-16(17(21)22)19(11-15(20)18-12)27(23,24)14-7-5-13(6-8-14)26-10-4-3-9-25-2/h5-8,12,16H,9-11H2,1-2H3,(H,18,20)(H,21,22). The van der Waals surface area contributed by atoms with Crippen molar-refractivity contribution in [2.45, 2.75) is 23.9 Å². The van der Waals surface area contributed by atoms with Crippen LogP contribution in [0.5, 0.6) is 5.75 Å². The Bertz CT molecular complexity index is 856. The summed E-state index contributed by atoms with van der Waals surface area (Å²) in [6.07, 6.45) is 0. The number of rotatable bonds is 6. The molecule has 1 aliphatic rings. The number of piperazine rings is 1. The van der Waals surface area contributed by atoms with E-state index in [1.807, 2.05) is 0 Å². The Labute approximate surface area is 157 Å². The molecule has 9 nitrogen and oxygen atoms in total. The van der Waals surface area contributed by atoms with Gasteiger partial charge in [-0.25, -0.2) is 8.42 Å². The third kappa shape index (κ3) is 4.97. The molecular formula is C17H20N2O7S. The maximum absolute atomic E-state index is 12.8. The van der Waals surface area contributed by atoms with Crippen molar-refractivity contribution < 1.29 is 32.6 Å². The summed E-state index contributed by atoms with van der Waals surface area (Å²) >= 11 is 0. The van der Waals surface area contributed by atoms with E-state index < -0.39 is 40.5 Å². The number of hydrogen-bond acceptors (Lipinski definition) is 6. The number of sulfonamides is 1. The zero-order chi connectivity index (χ0) is 20.0. The Kier molecular flexibility index (Phi) is 6.79. The summed E-state index contributed by atoms with van der Waals surface area (Å²) in [5.74, 6) is 3.95. The third-order valence-corrected chi connectivity index (χ3v) is 5.65. The molecule has 1 fully saturated rings. The number of carbonyl (C=O) groups excluding carboxylic acids is 1. The van der Waals surface area contributed by atoms with Gasteiger partial charge in [0.1, 0.15) is 25.0 Å². The Morgan fingerprint density at radius 3 is 2.52 bits per heavy atom. The van der Waals surface area contributed by atoms with Crippen molar-refractivity contribution in [1.29, 1.82) is 0 Å². The van der Waals surface area contributed by atoms with Crippen LogP contribution in [0.15, 0.2) is 29.2 Å². The molecule has 0 spiro atoms. The maximum Gasteiger partial charge on any atom is 0.324 e. The minimum atomic E-state index is -4.18. The topological polar surface area (TPSA) is 122 Å². The average Bonchev–Trinajstić information content (AvgIpc) is 2.61. The van der Waals surface area contributed by atoms with Crippen LogP contribution in [0, 0.1) is 11.8 Å². The van der Waals surface area contributed by atoms with Gasteiger partial charge in [-0.3, -0.25) is 9.59 Å². The minimum Gasteiger partial charge on any atom is -0.481 e. The van der Waals surface area contributed by atoms with Crippen LogP contribution >= 0.6 is 0 Å². The minimum absolute atomic E-state index is 0.111. The number of nitrogens with zero attached hydrogens (tertiary/aromatic N) is 1. The lowest BCUT2D eigenvalue weighted by Gasteiger charge is -2.36. The average molecular weight is 396 g/mol. The van der Waals surface area contributed by atoms with Crippen molar-refractivity contribution in [3.8, 4) is 17.6 Å². The molecule has 1 heterocycles.